The topological polar surface area (TPSA) is 93.7 Å². The van der Waals surface area contributed by atoms with E-state index in [2.05, 4.69) is 50.9 Å². The zero-order valence-corrected chi connectivity index (χ0v) is 21.5. The van der Waals surface area contributed by atoms with Crippen LogP contribution in [0.1, 0.15) is 36.1 Å². The summed E-state index contributed by atoms with van der Waals surface area (Å²) < 4.78 is 2.00. The highest BCUT2D eigenvalue weighted by molar-refractivity contribution is 5.71. The second-order valence-electron chi connectivity index (χ2n) is 9.79. The van der Waals surface area contributed by atoms with Crippen LogP contribution in [0.5, 0.6) is 0 Å². The Morgan fingerprint density at radius 1 is 1.05 bits per heavy atom. The molecule has 5 rings (SSSR count). The third-order valence-electron chi connectivity index (χ3n) is 6.98. The van der Waals surface area contributed by atoms with E-state index in [0.29, 0.717) is 12.3 Å². The SMILES string of the molecule is C=C(Cc1cc(-c2cncc(NC(=C)C3CCC3)c2)ccc1N)Nc1nccc(-n2cnc(C)c2)c1C. The number of nitrogens with zero attached hydrogens (tertiary/aromatic N) is 4. The van der Waals surface area contributed by atoms with Crippen LogP contribution in [0.25, 0.3) is 16.8 Å². The molecule has 7 nitrogen and oxygen atoms in total. The van der Waals surface area contributed by atoms with Crippen LogP contribution in [0.3, 0.4) is 0 Å². The van der Waals surface area contributed by atoms with E-state index in [-0.39, 0.29) is 0 Å². The van der Waals surface area contributed by atoms with Crippen LogP contribution in [0.4, 0.5) is 17.2 Å². The third-order valence-corrected chi connectivity index (χ3v) is 6.98. The lowest BCUT2D eigenvalue weighted by Crippen LogP contribution is -2.18. The average Bonchev–Trinajstić information content (AvgIpc) is 3.27. The van der Waals surface area contributed by atoms with Crippen LogP contribution < -0.4 is 16.4 Å². The summed E-state index contributed by atoms with van der Waals surface area (Å²) in [7, 11) is 0. The molecule has 1 saturated carbocycles. The fourth-order valence-electron chi connectivity index (χ4n) is 4.57. The lowest BCUT2D eigenvalue weighted by molar-refractivity contribution is 0.371. The van der Waals surface area contributed by atoms with Gasteiger partial charge in [-0.05, 0) is 68.0 Å². The Morgan fingerprint density at radius 3 is 2.62 bits per heavy atom. The fraction of sp³-hybridized carbons (Fsp3) is 0.233. The van der Waals surface area contributed by atoms with Gasteiger partial charge in [-0.2, -0.15) is 0 Å². The fourth-order valence-corrected chi connectivity index (χ4v) is 4.57. The Morgan fingerprint density at radius 2 is 1.89 bits per heavy atom. The number of imidazole rings is 1. The van der Waals surface area contributed by atoms with Crippen LogP contribution in [-0.2, 0) is 6.42 Å². The minimum absolute atomic E-state index is 0.563. The van der Waals surface area contributed by atoms with Gasteiger partial charge in [0, 0.05) is 53.2 Å². The van der Waals surface area contributed by atoms with E-state index in [9.17, 15) is 0 Å². The zero-order chi connectivity index (χ0) is 25.9. The summed E-state index contributed by atoms with van der Waals surface area (Å²) >= 11 is 0. The summed E-state index contributed by atoms with van der Waals surface area (Å²) in [5, 5.41) is 6.83. The third kappa shape index (κ3) is 5.40. The lowest BCUT2D eigenvalue weighted by atomic mass is 9.83. The van der Waals surface area contributed by atoms with Gasteiger partial charge in [0.25, 0.3) is 0 Å². The Balaban J connectivity index is 1.31. The highest BCUT2D eigenvalue weighted by atomic mass is 15.1. The van der Waals surface area contributed by atoms with Crippen molar-refractivity contribution < 1.29 is 0 Å². The number of rotatable bonds is 9. The predicted octanol–water partition coefficient (Wildman–Crippen LogP) is 6.42. The number of aryl methyl sites for hydroxylation is 1. The summed E-state index contributed by atoms with van der Waals surface area (Å²) in [5.41, 5.74) is 16.0. The predicted molar refractivity (Wildman–Crippen MR) is 151 cm³/mol. The van der Waals surface area contributed by atoms with Crippen molar-refractivity contribution in [1.82, 2.24) is 19.5 Å². The van der Waals surface area contributed by atoms with Crippen LogP contribution in [-0.4, -0.2) is 19.5 Å². The number of benzene rings is 1. The smallest absolute Gasteiger partial charge is 0.135 e. The molecule has 0 spiro atoms. The molecule has 188 valence electrons. The second kappa shape index (κ2) is 10.3. The highest BCUT2D eigenvalue weighted by Crippen LogP contribution is 2.33. The molecule has 1 fully saturated rings. The van der Waals surface area contributed by atoms with Gasteiger partial charge in [0.15, 0.2) is 0 Å². The normalized spacial score (nSPS) is 13.1. The Bertz CT molecular complexity index is 1460. The van der Waals surface area contributed by atoms with E-state index in [1.54, 1.807) is 6.20 Å². The first kappa shape index (κ1) is 24.3. The van der Waals surface area contributed by atoms with Crippen LogP contribution in [0.2, 0.25) is 0 Å². The van der Waals surface area contributed by atoms with Crippen molar-refractivity contribution in [3.8, 4) is 16.8 Å². The maximum absolute atomic E-state index is 6.36. The van der Waals surface area contributed by atoms with Crippen molar-refractivity contribution in [2.24, 2.45) is 5.92 Å². The maximum Gasteiger partial charge on any atom is 0.135 e. The number of nitrogen functional groups attached to an aromatic ring is 1. The van der Waals surface area contributed by atoms with Crippen molar-refractivity contribution in [3.05, 3.63) is 103 Å². The summed E-state index contributed by atoms with van der Waals surface area (Å²) in [4.78, 5) is 13.3. The minimum atomic E-state index is 0.563. The second-order valence-corrected chi connectivity index (χ2v) is 9.79. The zero-order valence-electron chi connectivity index (χ0n) is 21.5. The molecule has 0 radical (unpaired) electrons. The molecule has 0 saturated heterocycles. The van der Waals surface area contributed by atoms with E-state index in [4.69, 9.17) is 5.73 Å². The summed E-state index contributed by atoms with van der Waals surface area (Å²) in [6, 6.07) is 10.2. The van der Waals surface area contributed by atoms with Gasteiger partial charge in [-0.3, -0.25) is 4.98 Å². The van der Waals surface area contributed by atoms with E-state index in [0.717, 1.165) is 62.2 Å². The maximum atomic E-state index is 6.36. The largest absolute Gasteiger partial charge is 0.398 e. The summed E-state index contributed by atoms with van der Waals surface area (Å²) in [5.74, 6) is 1.33. The van der Waals surface area contributed by atoms with E-state index < -0.39 is 0 Å². The Hall–Kier alpha value is -4.39. The van der Waals surface area contributed by atoms with Crippen molar-refractivity contribution in [2.75, 3.05) is 16.4 Å². The lowest BCUT2D eigenvalue weighted by Gasteiger charge is -2.28. The van der Waals surface area contributed by atoms with Gasteiger partial charge >= 0.3 is 0 Å². The summed E-state index contributed by atoms with van der Waals surface area (Å²) in [6.45, 7) is 12.5. The van der Waals surface area contributed by atoms with E-state index in [1.807, 2.05) is 61.5 Å². The molecule has 0 aliphatic heterocycles. The first-order valence-corrected chi connectivity index (χ1v) is 12.6. The number of hydrogen-bond acceptors (Lipinski definition) is 6. The van der Waals surface area contributed by atoms with Crippen LogP contribution in [0, 0.1) is 19.8 Å². The number of pyridine rings is 2. The molecule has 1 aromatic carbocycles. The van der Waals surface area contributed by atoms with Gasteiger partial charge in [0.2, 0.25) is 0 Å². The molecule has 37 heavy (non-hydrogen) atoms. The number of nitrogens with two attached hydrogens (primary N) is 1. The van der Waals surface area contributed by atoms with Crippen molar-refractivity contribution in [1.29, 1.82) is 0 Å². The molecule has 4 N–H and O–H groups in total. The molecule has 1 aliphatic carbocycles. The van der Waals surface area contributed by atoms with Gasteiger partial charge in [-0.25, -0.2) is 9.97 Å². The first-order chi connectivity index (χ1) is 17.9. The average molecular weight is 492 g/mol. The monoisotopic (exact) mass is 491 g/mol. The minimum Gasteiger partial charge on any atom is -0.398 e. The highest BCUT2D eigenvalue weighted by Gasteiger charge is 2.20. The van der Waals surface area contributed by atoms with Crippen LogP contribution >= 0.6 is 0 Å². The van der Waals surface area contributed by atoms with Gasteiger partial charge in [-0.15, -0.1) is 0 Å². The number of aromatic nitrogens is 4. The van der Waals surface area contributed by atoms with Gasteiger partial charge in [-0.1, -0.05) is 25.6 Å². The van der Waals surface area contributed by atoms with Gasteiger partial charge < -0.3 is 20.9 Å². The van der Waals surface area contributed by atoms with Crippen molar-refractivity contribution in [3.63, 3.8) is 0 Å². The standard InChI is InChI=1S/C30H33N7/c1-19(35-30-21(3)29(10-11-33-30)37-17-20(2)34-18-37)12-25-13-24(8-9-28(25)31)26-14-27(16-32-15-26)36-22(4)23-6-5-7-23/h8-11,13-18,23,36H,1,4-7,12,31H2,2-3H3,(H,33,35). The molecule has 0 amide bonds. The molecular weight excluding hydrogens is 458 g/mol. The molecule has 4 aromatic rings. The molecule has 3 heterocycles. The Labute approximate surface area is 218 Å². The van der Waals surface area contributed by atoms with E-state index in [1.165, 1.54) is 19.3 Å². The number of anilines is 3. The molecular formula is C30H33N7. The quantitative estimate of drug-likeness (QED) is 0.234. The molecule has 1 aliphatic rings. The molecule has 3 aromatic heterocycles. The van der Waals surface area contributed by atoms with Gasteiger partial charge in [0.05, 0.1) is 29.6 Å². The number of allylic oxidation sites excluding steroid dienone is 2. The van der Waals surface area contributed by atoms with Gasteiger partial charge in [0.1, 0.15) is 5.82 Å². The summed E-state index contributed by atoms with van der Waals surface area (Å²) in [6.07, 6.45) is 13.6. The van der Waals surface area contributed by atoms with Crippen molar-refractivity contribution >= 4 is 17.2 Å². The molecule has 0 bridgehead atoms. The first-order valence-electron chi connectivity index (χ1n) is 12.6. The molecule has 0 atom stereocenters. The molecule has 0 unspecified atom stereocenters. The number of nitrogens with one attached hydrogen (secondary N) is 2. The van der Waals surface area contributed by atoms with Crippen LogP contribution in [0.15, 0.2) is 86.0 Å². The van der Waals surface area contributed by atoms with Crippen molar-refractivity contribution in [2.45, 2.75) is 39.5 Å². The molecule has 7 heteroatoms. The number of hydrogen-bond donors (Lipinski definition) is 3. The van der Waals surface area contributed by atoms with E-state index >= 15 is 0 Å². The Kier molecular flexibility index (Phi) is 6.77.